The highest BCUT2D eigenvalue weighted by Gasteiger charge is 2.16. The predicted molar refractivity (Wildman–Crippen MR) is 82.0 cm³/mol. The third kappa shape index (κ3) is 4.68. The second kappa shape index (κ2) is 7.50. The summed E-state index contributed by atoms with van der Waals surface area (Å²) in [4.78, 5) is 13.4. The van der Waals surface area contributed by atoms with Crippen molar-refractivity contribution in [2.45, 2.75) is 26.0 Å². The molecule has 0 unspecified atom stereocenters. The predicted octanol–water partition coefficient (Wildman–Crippen LogP) is 2.54. The molecule has 0 aromatic heterocycles. The van der Waals surface area contributed by atoms with E-state index in [4.69, 9.17) is 4.74 Å². The first kappa shape index (κ1) is 16.8. The van der Waals surface area contributed by atoms with Gasteiger partial charge in [0.25, 0.3) is 0 Å². The summed E-state index contributed by atoms with van der Waals surface area (Å²) in [5, 5.41) is 12.2. The molecule has 2 amide bonds. The van der Waals surface area contributed by atoms with Gasteiger partial charge in [-0.3, -0.25) is 0 Å². The smallest absolute Gasteiger partial charge is 0.317 e. The van der Waals surface area contributed by atoms with Gasteiger partial charge in [-0.25, -0.2) is 4.79 Å². The van der Waals surface area contributed by atoms with Gasteiger partial charge in [-0.05, 0) is 31.5 Å². The van der Waals surface area contributed by atoms with E-state index in [1.165, 1.54) is 4.90 Å². The highest BCUT2D eigenvalue weighted by Crippen LogP contribution is 2.27. The Morgan fingerprint density at radius 1 is 1.50 bits per heavy atom. The van der Waals surface area contributed by atoms with Crippen LogP contribution >= 0.6 is 15.9 Å². The van der Waals surface area contributed by atoms with Crippen LogP contribution in [0.15, 0.2) is 22.7 Å². The maximum Gasteiger partial charge on any atom is 0.317 e. The zero-order valence-electron chi connectivity index (χ0n) is 12.2. The molecule has 1 rings (SSSR count). The van der Waals surface area contributed by atoms with Crippen LogP contribution in [0.4, 0.5) is 4.79 Å². The van der Waals surface area contributed by atoms with E-state index >= 15 is 0 Å². The largest absolute Gasteiger partial charge is 0.497 e. The molecule has 0 aliphatic heterocycles. The van der Waals surface area contributed by atoms with Crippen LogP contribution in [-0.2, 0) is 0 Å². The molecule has 0 bridgehead atoms. The van der Waals surface area contributed by atoms with E-state index in [-0.39, 0.29) is 12.1 Å². The summed E-state index contributed by atoms with van der Waals surface area (Å²) in [6, 6.07) is 5.24. The summed E-state index contributed by atoms with van der Waals surface area (Å²) in [5.41, 5.74) is 0.963. The molecule has 20 heavy (non-hydrogen) atoms. The van der Waals surface area contributed by atoms with Gasteiger partial charge in [0.15, 0.2) is 0 Å². The van der Waals surface area contributed by atoms with Crippen LogP contribution in [-0.4, -0.2) is 42.8 Å². The highest BCUT2D eigenvalue weighted by atomic mass is 79.9. The molecule has 0 radical (unpaired) electrons. The lowest BCUT2D eigenvalue weighted by molar-refractivity contribution is 0.142. The van der Waals surface area contributed by atoms with E-state index in [9.17, 15) is 9.90 Å². The van der Waals surface area contributed by atoms with Gasteiger partial charge >= 0.3 is 6.03 Å². The number of benzene rings is 1. The number of hydrogen-bond acceptors (Lipinski definition) is 3. The Morgan fingerprint density at radius 2 is 2.15 bits per heavy atom. The molecule has 0 saturated heterocycles. The quantitative estimate of drug-likeness (QED) is 0.862. The number of rotatable bonds is 5. The fourth-order valence-corrected chi connectivity index (χ4v) is 2.54. The average Bonchev–Trinajstić information content (AvgIpc) is 2.37. The number of halogens is 1. The van der Waals surface area contributed by atoms with E-state index in [0.29, 0.717) is 6.54 Å². The topological polar surface area (TPSA) is 61.8 Å². The van der Waals surface area contributed by atoms with Crippen molar-refractivity contribution in [3.63, 3.8) is 0 Å². The Hall–Kier alpha value is -1.27. The highest BCUT2D eigenvalue weighted by molar-refractivity contribution is 9.10. The Labute approximate surface area is 128 Å². The zero-order valence-corrected chi connectivity index (χ0v) is 13.8. The van der Waals surface area contributed by atoms with Gasteiger partial charge < -0.3 is 20.1 Å². The molecule has 0 aliphatic rings. The van der Waals surface area contributed by atoms with Crippen molar-refractivity contribution in [2.75, 3.05) is 20.7 Å². The van der Waals surface area contributed by atoms with Crippen molar-refractivity contribution in [3.05, 3.63) is 28.2 Å². The third-order valence-electron chi connectivity index (χ3n) is 2.90. The van der Waals surface area contributed by atoms with Crippen molar-refractivity contribution in [1.82, 2.24) is 10.2 Å². The van der Waals surface area contributed by atoms with Gasteiger partial charge in [0.2, 0.25) is 0 Å². The molecule has 0 fully saturated rings. The number of nitrogens with zero attached hydrogens (tertiary/aromatic N) is 1. The molecule has 112 valence electrons. The van der Waals surface area contributed by atoms with Crippen LogP contribution in [0.3, 0.4) is 0 Å². The van der Waals surface area contributed by atoms with Gasteiger partial charge in [-0.2, -0.15) is 0 Å². The summed E-state index contributed by atoms with van der Waals surface area (Å²) >= 11 is 3.47. The number of methoxy groups -OCH3 is 1. The first-order valence-electron chi connectivity index (χ1n) is 6.38. The van der Waals surface area contributed by atoms with Crippen molar-refractivity contribution in [3.8, 4) is 5.75 Å². The minimum absolute atomic E-state index is 0.153. The number of ether oxygens (including phenoxy) is 1. The van der Waals surface area contributed by atoms with Crippen LogP contribution in [0.5, 0.6) is 5.75 Å². The first-order valence-corrected chi connectivity index (χ1v) is 7.17. The molecule has 0 heterocycles. The Kier molecular flexibility index (Phi) is 6.29. The fourth-order valence-electron chi connectivity index (χ4n) is 1.84. The van der Waals surface area contributed by atoms with E-state index in [0.717, 1.165) is 15.8 Å². The first-order chi connectivity index (χ1) is 9.35. The summed E-state index contributed by atoms with van der Waals surface area (Å²) in [6.07, 6.45) is -0.547. The number of aliphatic hydroxyl groups excluding tert-OH is 1. The minimum atomic E-state index is -0.547. The number of aliphatic hydroxyl groups is 1. The number of amides is 2. The molecule has 1 aromatic carbocycles. The number of carbonyl (C=O) groups is 1. The number of hydrogen-bond donors (Lipinski definition) is 2. The molecule has 0 aliphatic carbocycles. The number of nitrogens with one attached hydrogen (secondary N) is 1. The summed E-state index contributed by atoms with van der Waals surface area (Å²) in [5.74, 6) is 0.755. The molecule has 2 N–H and O–H groups in total. The number of likely N-dealkylation sites (N-methyl/N-ethyl adjacent to an activating group) is 1. The van der Waals surface area contributed by atoms with Crippen LogP contribution in [0.1, 0.15) is 25.5 Å². The van der Waals surface area contributed by atoms with Crippen LogP contribution < -0.4 is 10.1 Å². The second-order valence-electron chi connectivity index (χ2n) is 4.79. The average molecular weight is 345 g/mol. The maximum absolute atomic E-state index is 12.0. The van der Waals surface area contributed by atoms with E-state index in [1.54, 1.807) is 21.1 Å². The van der Waals surface area contributed by atoms with Gasteiger partial charge in [0, 0.05) is 18.1 Å². The van der Waals surface area contributed by atoms with Crippen molar-refractivity contribution in [1.29, 1.82) is 0 Å². The molecule has 0 spiro atoms. The van der Waals surface area contributed by atoms with E-state index in [1.807, 2.05) is 25.1 Å². The van der Waals surface area contributed by atoms with Crippen molar-refractivity contribution in [2.24, 2.45) is 0 Å². The molecule has 0 saturated carbocycles. The summed E-state index contributed by atoms with van der Waals surface area (Å²) in [7, 11) is 3.26. The Balaban J connectivity index is 2.71. The Morgan fingerprint density at radius 3 is 2.65 bits per heavy atom. The molecular weight excluding hydrogens is 324 g/mol. The van der Waals surface area contributed by atoms with Crippen LogP contribution in [0.25, 0.3) is 0 Å². The van der Waals surface area contributed by atoms with Crippen LogP contribution in [0.2, 0.25) is 0 Å². The zero-order chi connectivity index (χ0) is 15.3. The summed E-state index contributed by atoms with van der Waals surface area (Å²) < 4.78 is 6.02. The van der Waals surface area contributed by atoms with Crippen LogP contribution in [0, 0.1) is 0 Å². The number of urea groups is 1. The fraction of sp³-hybridized carbons (Fsp3) is 0.500. The molecule has 1 aromatic rings. The lowest BCUT2D eigenvalue weighted by Gasteiger charge is -2.23. The Bertz CT molecular complexity index is 466. The SMILES string of the molecule is COc1ccc([C@H](C)NC(=O)N(C)C[C@@H](C)O)c(Br)c1. The number of carbonyl (C=O) groups excluding carboxylic acids is 1. The summed E-state index contributed by atoms with van der Waals surface area (Å²) in [6.45, 7) is 3.84. The van der Waals surface area contributed by atoms with Gasteiger partial charge in [-0.1, -0.05) is 22.0 Å². The second-order valence-corrected chi connectivity index (χ2v) is 5.64. The van der Waals surface area contributed by atoms with Gasteiger partial charge in [0.05, 0.1) is 19.3 Å². The van der Waals surface area contributed by atoms with Gasteiger partial charge in [0.1, 0.15) is 5.75 Å². The monoisotopic (exact) mass is 344 g/mol. The van der Waals surface area contributed by atoms with Gasteiger partial charge in [-0.15, -0.1) is 0 Å². The molecule has 5 nitrogen and oxygen atoms in total. The normalized spacial score (nSPS) is 13.5. The van der Waals surface area contributed by atoms with Crippen molar-refractivity contribution >= 4 is 22.0 Å². The van der Waals surface area contributed by atoms with E-state index < -0.39 is 6.10 Å². The lowest BCUT2D eigenvalue weighted by Crippen LogP contribution is -2.41. The van der Waals surface area contributed by atoms with E-state index in [2.05, 4.69) is 21.2 Å². The lowest BCUT2D eigenvalue weighted by atomic mass is 10.1. The molecule has 6 heteroatoms. The van der Waals surface area contributed by atoms with Crippen molar-refractivity contribution < 1.29 is 14.6 Å². The maximum atomic E-state index is 12.0. The molecular formula is C14H21BrN2O3. The molecule has 2 atom stereocenters. The minimum Gasteiger partial charge on any atom is -0.497 e. The third-order valence-corrected chi connectivity index (χ3v) is 3.59. The standard InChI is InChI=1S/C14H21BrN2O3/c1-9(18)8-17(3)14(19)16-10(2)12-6-5-11(20-4)7-13(12)15/h5-7,9-10,18H,8H2,1-4H3,(H,16,19)/t9-,10+/m1/s1.